The Labute approximate surface area is 396 Å². The quantitative estimate of drug-likeness (QED) is 0.0705. The third kappa shape index (κ3) is 13.0. The summed E-state index contributed by atoms with van der Waals surface area (Å²) in [5.41, 5.74) is 3.87. The molecule has 67 heavy (non-hydrogen) atoms. The highest BCUT2D eigenvalue weighted by Gasteiger charge is 2.34. The molecule has 3 fully saturated rings. The number of hydrogen-bond acceptors (Lipinski definition) is 10. The number of likely N-dealkylation sites (tertiary alicyclic amines) is 2. The zero-order chi connectivity index (χ0) is 47.3. The number of piperidine rings is 2. The van der Waals surface area contributed by atoms with E-state index in [1.165, 1.54) is 6.42 Å². The first kappa shape index (κ1) is 49.6. The number of carbonyl (C=O) groups excluding carboxylic acids is 4. The SMILES string of the molecule is CCCCCCCC(=O)OCn1ncc2cc(C[C@@H](NC(=O)N3CCC(c4cc5ccccc5n(COC(=O)CCCCC)c4=O)CC3)C(=O)N3CCN(C4CCN(C)CC4)CC3)cc(C)c21. The third-order valence-electron chi connectivity index (χ3n) is 14.3. The average molecular weight is 923 g/mol. The number of unbranched alkanes of at least 4 members (excludes halogenated alkanes) is 6. The fourth-order valence-electron chi connectivity index (χ4n) is 10.3. The molecule has 5 heterocycles. The summed E-state index contributed by atoms with van der Waals surface area (Å²) in [5.74, 6) is -0.733. The predicted molar refractivity (Wildman–Crippen MR) is 261 cm³/mol. The topological polar surface area (TPSA) is 152 Å². The zero-order valence-corrected chi connectivity index (χ0v) is 40.5. The minimum absolute atomic E-state index is 0.0283. The van der Waals surface area contributed by atoms with Crippen LogP contribution in [0.3, 0.4) is 0 Å². The number of pyridine rings is 1. The van der Waals surface area contributed by atoms with Crippen LogP contribution in [-0.2, 0) is 43.7 Å². The number of ether oxygens (including phenoxy) is 2. The number of urea groups is 1. The fraction of sp³-hybridized carbons (Fsp3) is 0.615. The second kappa shape index (κ2) is 24.1. The van der Waals surface area contributed by atoms with Gasteiger partial charge in [-0.2, -0.15) is 5.10 Å². The molecule has 0 saturated carbocycles. The van der Waals surface area contributed by atoms with Crippen molar-refractivity contribution in [3.8, 4) is 0 Å². The van der Waals surface area contributed by atoms with Crippen LogP contribution in [0.1, 0.15) is 126 Å². The van der Waals surface area contributed by atoms with Gasteiger partial charge in [0.15, 0.2) is 13.5 Å². The van der Waals surface area contributed by atoms with Gasteiger partial charge in [0.2, 0.25) is 5.91 Å². The van der Waals surface area contributed by atoms with Gasteiger partial charge >= 0.3 is 18.0 Å². The molecule has 1 atom stereocenters. The number of nitrogens with zero attached hydrogens (tertiary/aromatic N) is 7. The summed E-state index contributed by atoms with van der Waals surface area (Å²) in [7, 11) is 2.17. The lowest BCUT2D eigenvalue weighted by Gasteiger charge is -2.43. The number of rotatable bonds is 20. The van der Waals surface area contributed by atoms with E-state index in [0.29, 0.717) is 75.4 Å². The van der Waals surface area contributed by atoms with E-state index >= 15 is 0 Å². The highest BCUT2D eigenvalue weighted by atomic mass is 16.5. The molecule has 3 amide bonds. The zero-order valence-electron chi connectivity index (χ0n) is 40.5. The minimum Gasteiger partial charge on any atom is -0.444 e. The van der Waals surface area contributed by atoms with Crippen molar-refractivity contribution in [3.63, 3.8) is 0 Å². The van der Waals surface area contributed by atoms with Gasteiger partial charge < -0.3 is 29.5 Å². The lowest BCUT2D eigenvalue weighted by Crippen LogP contribution is -2.59. The molecule has 364 valence electrons. The van der Waals surface area contributed by atoms with Crippen molar-refractivity contribution in [1.29, 1.82) is 0 Å². The molecule has 7 rings (SSSR count). The first-order chi connectivity index (χ1) is 32.5. The Hall–Kier alpha value is -5.28. The van der Waals surface area contributed by atoms with Crippen LogP contribution >= 0.6 is 0 Å². The molecule has 15 heteroatoms. The molecule has 2 aromatic carbocycles. The van der Waals surface area contributed by atoms with E-state index in [9.17, 15) is 24.0 Å². The number of amides is 3. The molecule has 4 aromatic rings. The largest absolute Gasteiger partial charge is 0.444 e. The Balaban J connectivity index is 1.02. The Morgan fingerprint density at radius 2 is 1.40 bits per heavy atom. The highest BCUT2D eigenvalue weighted by Crippen LogP contribution is 2.29. The number of piperazine rings is 1. The maximum Gasteiger partial charge on any atom is 0.318 e. The number of nitrogens with one attached hydrogen (secondary N) is 1. The molecule has 0 aliphatic carbocycles. The molecule has 0 bridgehead atoms. The van der Waals surface area contributed by atoms with E-state index in [1.54, 1.807) is 20.3 Å². The number of hydrogen-bond donors (Lipinski definition) is 1. The van der Waals surface area contributed by atoms with E-state index in [4.69, 9.17) is 9.47 Å². The van der Waals surface area contributed by atoms with E-state index in [2.05, 4.69) is 41.1 Å². The maximum absolute atomic E-state index is 14.6. The summed E-state index contributed by atoms with van der Waals surface area (Å²) < 4.78 is 14.5. The third-order valence-corrected chi connectivity index (χ3v) is 14.3. The molecule has 0 unspecified atom stereocenters. The molecule has 1 N–H and O–H groups in total. The Bertz CT molecular complexity index is 2350. The van der Waals surface area contributed by atoms with Crippen LogP contribution in [-0.4, -0.2) is 129 Å². The number of aryl methyl sites for hydroxylation is 1. The van der Waals surface area contributed by atoms with Crippen molar-refractivity contribution in [3.05, 3.63) is 75.7 Å². The van der Waals surface area contributed by atoms with Crippen LogP contribution in [0.15, 0.2) is 53.5 Å². The second-order valence-electron chi connectivity index (χ2n) is 19.2. The molecule has 3 aliphatic heterocycles. The Morgan fingerprint density at radius 1 is 0.746 bits per heavy atom. The molecular formula is C52H74N8O7. The van der Waals surface area contributed by atoms with Crippen molar-refractivity contribution in [1.82, 2.24) is 39.3 Å². The van der Waals surface area contributed by atoms with Crippen molar-refractivity contribution >= 4 is 45.7 Å². The standard InChI is InChI=1S/C52H74N8O7/c1-5-7-9-10-12-18-48(62)67-37-60-49-38(3)31-39(32-42(49)35-53-60)33-45(51(64)57-29-27-56(28-30-57)43-21-23-55(4)24-22-43)54-52(65)58-25-19-40(20-26-58)44-34-41-15-13-14-16-46(41)59(50(44)63)36-66-47(61)17-11-8-6-2/h13-16,31-32,34-35,40,43,45H,5-12,17-30,33,36-37H2,1-4H3,(H,54,65)/t45-/m1/s1. The van der Waals surface area contributed by atoms with Crippen LogP contribution in [0.4, 0.5) is 4.79 Å². The number of aromatic nitrogens is 3. The van der Waals surface area contributed by atoms with E-state index < -0.39 is 6.04 Å². The molecule has 15 nitrogen and oxygen atoms in total. The summed E-state index contributed by atoms with van der Waals surface area (Å²) in [4.78, 5) is 76.5. The van der Waals surface area contributed by atoms with Crippen molar-refractivity contribution < 1.29 is 28.7 Å². The molecular weight excluding hydrogens is 849 g/mol. The van der Waals surface area contributed by atoms with Gasteiger partial charge in [-0.15, -0.1) is 0 Å². The van der Waals surface area contributed by atoms with Gasteiger partial charge in [-0.05, 0) is 106 Å². The van der Waals surface area contributed by atoms with Crippen molar-refractivity contribution in [2.24, 2.45) is 0 Å². The molecule has 2 aromatic heterocycles. The van der Waals surface area contributed by atoms with Crippen LogP contribution < -0.4 is 10.9 Å². The van der Waals surface area contributed by atoms with Gasteiger partial charge in [0.1, 0.15) is 6.04 Å². The van der Waals surface area contributed by atoms with Crippen molar-refractivity contribution in [2.75, 3.05) is 59.4 Å². The first-order valence-electron chi connectivity index (χ1n) is 25.2. The molecule has 0 radical (unpaired) electrons. The normalized spacial score (nSPS) is 17.3. The van der Waals surface area contributed by atoms with Gasteiger partial charge in [-0.3, -0.25) is 28.6 Å². The summed E-state index contributed by atoms with van der Waals surface area (Å²) in [6.07, 6.45) is 14.2. The van der Waals surface area contributed by atoms with E-state index in [0.717, 1.165) is 111 Å². The Kier molecular flexibility index (Phi) is 17.9. The second-order valence-corrected chi connectivity index (χ2v) is 19.2. The van der Waals surface area contributed by atoms with Gasteiger partial charge in [0.05, 0.1) is 17.2 Å². The maximum atomic E-state index is 14.6. The lowest BCUT2D eigenvalue weighted by molar-refractivity contribution is -0.148. The molecule has 3 aliphatic rings. The number of para-hydroxylation sites is 1. The van der Waals surface area contributed by atoms with E-state index in [-0.39, 0.29) is 48.8 Å². The minimum atomic E-state index is -0.803. The van der Waals surface area contributed by atoms with Crippen molar-refractivity contribution in [2.45, 2.75) is 149 Å². The summed E-state index contributed by atoms with van der Waals surface area (Å²) >= 11 is 0. The summed E-state index contributed by atoms with van der Waals surface area (Å²) in [6, 6.07) is 13.1. The van der Waals surface area contributed by atoms with Crippen LogP contribution in [0.25, 0.3) is 21.8 Å². The van der Waals surface area contributed by atoms with Crippen LogP contribution in [0, 0.1) is 6.92 Å². The highest BCUT2D eigenvalue weighted by molar-refractivity contribution is 5.88. The summed E-state index contributed by atoms with van der Waals surface area (Å²) in [5, 5.41) is 9.49. The smallest absolute Gasteiger partial charge is 0.318 e. The number of esters is 2. The number of fused-ring (bicyclic) bond motifs is 2. The Morgan fingerprint density at radius 3 is 2.12 bits per heavy atom. The predicted octanol–water partition coefficient (Wildman–Crippen LogP) is 7.34. The number of benzene rings is 2. The first-order valence-corrected chi connectivity index (χ1v) is 25.2. The van der Waals surface area contributed by atoms with Gasteiger partial charge in [-0.25, -0.2) is 9.48 Å². The average Bonchev–Trinajstić information content (AvgIpc) is 3.76. The monoisotopic (exact) mass is 923 g/mol. The van der Waals surface area contributed by atoms with Crippen LogP contribution in [0.2, 0.25) is 0 Å². The van der Waals surface area contributed by atoms with Crippen LogP contribution in [0.5, 0.6) is 0 Å². The lowest BCUT2D eigenvalue weighted by atomic mass is 9.89. The van der Waals surface area contributed by atoms with Gasteiger partial charge in [-0.1, -0.05) is 76.6 Å². The van der Waals surface area contributed by atoms with Gasteiger partial charge in [0.25, 0.3) is 5.56 Å². The summed E-state index contributed by atoms with van der Waals surface area (Å²) in [6.45, 7) is 11.9. The fourth-order valence-corrected chi connectivity index (χ4v) is 10.3. The number of carbonyl (C=O) groups is 4. The van der Waals surface area contributed by atoms with E-state index in [1.807, 2.05) is 54.3 Å². The molecule has 3 saturated heterocycles. The molecule has 0 spiro atoms. The van der Waals surface area contributed by atoms with Gasteiger partial charge in [0, 0.05) is 75.5 Å².